The molecule has 4 nitrogen and oxygen atoms in total. The largest absolute Gasteiger partial charge is 0.436 e. The first-order valence-electron chi connectivity index (χ1n) is 8.13. The minimum Gasteiger partial charge on any atom is -0.436 e. The number of carbonyl (C=O) groups is 1. The molecule has 1 heterocycles. The molecule has 1 aliphatic rings. The van der Waals surface area contributed by atoms with E-state index in [9.17, 15) is 9.18 Å². The van der Waals surface area contributed by atoms with Crippen LogP contribution >= 0.6 is 11.6 Å². The van der Waals surface area contributed by atoms with Crippen LogP contribution in [0.25, 0.3) is 11.1 Å². The maximum Gasteiger partial charge on any atom is 0.412 e. The van der Waals surface area contributed by atoms with Crippen molar-refractivity contribution in [2.24, 2.45) is 0 Å². The number of rotatable bonds is 2. The van der Waals surface area contributed by atoms with Gasteiger partial charge in [0.2, 0.25) is 0 Å². The first-order chi connectivity index (χ1) is 13.1. The average molecular weight is 379 g/mol. The predicted molar refractivity (Wildman–Crippen MR) is 99.9 cm³/mol. The SMILES string of the molecule is N#Cc1cccc(-c2ccc3c(c2Cl)C(c2ccc(F)cc2)OC(=O)N3)c1. The van der Waals surface area contributed by atoms with Crippen molar-refractivity contribution in [1.29, 1.82) is 5.26 Å². The Bertz CT molecular complexity index is 1090. The Morgan fingerprint density at radius 2 is 1.89 bits per heavy atom. The lowest BCUT2D eigenvalue weighted by Crippen LogP contribution is -2.25. The number of fused-ring (bicyclic) bond motifs is 1. The second-order valence-corrected chi connectivity index (χ2v) is 6.42. The van der Waals surface area contributed by atoms with E-state index in [1.54, 1.807) is 42.5 Å². The molecule has 0 radical (unpaired) electrons. The Hall–Kier alpha value is -3.36. The third-order valence-corrected chi connectivity index (χ3v) is 4.79. The van der Waals surface area contributed by atoms with Crippen LogP contribution in [0.4, 0.5) is 14.9 Å². The van der Waals surface area contributed by atoms with E-state index >= 15 is 0 Å². The highest BCUT2D eigenvalue weighted by atomic mass is 35.5. The van der Waals surface area contributed by atoms with Gasteiger partial charge in [0.15, 0.2) is 6.10 Å². The number of nitrogens with zero attached hydrogens (tertiary/aromatic N) is 1. The molecule has 0 bridgehead atoms. The van der Waals surface area contributed by atoms with Gasteiger partial charge in [0, 0.05) is 11.1 Å². The van der Waals surface area contributed by atoms with Gasteiger partial charge in [-0.25, -0.2) is 9.18 Å². The summed E-state index contributed by atoms with van der Waals surface area (Å²) in [5.74, 6) is -0.382. The highest BCUT2D eigenvalue weighted by Crippen LogP contribution is 2.44. The number of halogens is 2. The molecule has 1 amide bonds. The highest BCUT2D eigenvalue weighted by Gasteiger charge is 2.31. The lowest BCUT2D eigenvalue weighted by atomic mass is 9.93. The maximum atomic E-state index is 13.3. The fourth-order valence-electron chi connectivity index (χ4n) is 3.12. The number of nitrogens with one attached hydrogen (secondary N) is 1. The van der Waals surface area contributed by atoms with Gasteiger partial charge in [-0.1, -0.05) is 41.9 Å². The number of ether oxygens (including phenoxy) is 1. The van der Waals surface area contributed by atoms with E-state index in [2.05, 4.69) is 11.4 Å². The van der Waals surface area contributed by atoms with Gasteiger partial charge in [-0.15, -0.1) is 0 Å². The lowest BCUT2D eigenvalue weighted by Gasteiger charge is -2.28. The Morgan fingerprint density at radius 3 is 2.63 bits per heavy atom. The smallest absolute Gasteiger partial charge is 0.412 e. The van der Waals surface area contributed by atoms with Crippen molar-refractivity contribution in [2.75, 3.05) is 5.32 Å². The molecule has 0 aromatic heterocycles. The van der Waals surface area contributed by atoms with Crippen LogP contribution in [0.2, 0.25) is 5.02 Å². The predicted octanol–water partition coefficient (Wildman–Crippen LogP) is 5.67. The summed E-state index contributed by atoms with van der Waals surface area (Å²) in [6, 6.07) is 18.4. The van der Waals surface area contributed by atoms with Crippen LogP contribution in [0, 0.1) is 17.1 Å². The summed E-state index contributed by atoms with van der Waals surface area (Å²) in [6.07, 6.45) is -1.37. The molecule has 1 atom stereocenters. The topological polar surface area (TPSA) is 62.1 Å². The van der Waals surface area contributed by atoms with Crippen molar-refractivity contribution in [3.8, 4) is 17.2 Å². The zero-order valence-corrected chi connectivity index (χ0v) is 14.6. The van der Waals surface area contributed by atoms with E-state index in [0.29, 0.717) is 33.0 Å². The highest BCUT2D eigenvalue weighted by molar-refractivity contribution is 6.34. The van der Waals surface area contributed by atoms with E-state index < -0.39 is 12.2 Å². The maximum absolute atomic E-state index is 13.3. The van der Waals surface area contributed by atoms with Crippen molar-refractivity contribution in [3.05, 3.63) is 88.2 Å². The molecule has 1 N–H and O–H groups in total. The van der Waals surface area contributed by atoms with E-state index in [1.807, 2.05) is 6.07 Å². The van der Waals surface area contributed by atoms with Gasteiger partial charge in [0.05, 0.1) is 22.3 Å². The first-order valence-corrected chi connectivity index (χ1v) is 8.50. The van der Waals surface area contributed by atoms with Crippen LogP contribution in [0.1, 0.15) is 22.8 Å². The summed E-state index contributed by atoms with van der Waals surface area (Å²) in [6.45, 7) is 0. The molecule has 1 unspecified atom stereocenters. The molecule has 1 aliphatic heterocycles. The van der Waals surface area contributed by atoms with Crippen molar-refractivity contribution in [1.82, 2.24) is 0 Å². The quantitative estimate of drug-likeness (QED) is 0.625. The van der Waals surface area contributed by atoms with Gasteiger partial charge in [0.25, 0.3) is 0 Å². The third kappa shape index (κ3) is 3.12. The number of nitriles is 1. The van der Waals surface area contributed by atoms with Gasteiger partial charge in [-0.3, -0.25) is 5.32 Å². The molecule has 3 aromatic carbocycles. The Morgan fingerprint density at radius 1 is 1.11 bits per heavy atom. The van der Waals surface area contributed by atoms with Gasteiger partial charge in [-0.2, -0.15) is 5.26 Å². The number of benzene rings is 3. The van der Waals surface area contributed by atoms with Crippen molar-refractivity contribution in [2.45, 2.75) is 6.10 Å². The fraction of sp³-hybridized carbons (Fsp3) is 0.0476. The van der Waals surface area contributed by atoms with Gasteiger partial charge >= 0.3 is 6.09 Å². The third-order valence-electron chi connectivity index (χ3n) is 4.38. The van der Waals surface area contributed by atoms with Crippen LogP contribution in [0.15, 0.2) is 60.7 Å². The molecule has 132 valence electrons. The van der Waals surface area contributed by atoms with Crippen LogP contribution in [0.3, 0.4) is 0 Å². The summed E-state index contributed by atoms with van der Waals surface area (Å²) in [7, 11) is 0. The second kappa shape index (κ2) is 6.75. The molecule has 4 rings (SSSR count). The Kier molecular flexibility index (Phi) is 4.27. The Balaban J connectivity index is 1.88. The fourth-order valence-corrected chi connectivity index (χ4v) is 3.49. The van der Waals surface area contributed by atoms with E-state index in [4.69, 9.17) is 21.6 Å². The molecule has 0 saturated carbocycles. The molecule has 0 spiro atoms. The van der Waals surface area contributed by atoms with Crippen LogP contribution in [-0.2, 0) is 4.74 Å². The summed E-state index contributed by atoms with van der Waals surface area (Å²) in [5, 5.41) is 12.2. The van der Waals surface area contributed by atoms with Crippen LogP contribution in [-0.4, -0.2) is 6.09 Å². The van der Waals surface area contributed by atoms with Gasteiger partial charge in [0.1, 0.15) is 5.82 Å². The van der Waals surface area contributed by atoms with Gasteiger partial charge in [-0.05, 0) is 41.5 Å². The van der Waals surface area contributed by atoms with Crippen molar-refractivity contribution in [3.63, 3.8) is 0 Å². The van der Waals surface area contributed by atoms with E-state index in [1.165, 1.54) is 12.1 Å². The van der Waals surface area contributed by atoms with Crippen molar-refractivity contribution >= 4 is 23.4 Å². The van der Waals surface area contributed by atoms with E-state index in [0.717, 1.165) is 5.56 Å². The molecule has 3 aromatic rings. The number of carbonyl (C=O) groups excluding carboxylic acids is 1. The second-order valence-electron chi connectivity index (χ2n) is 6.04. The number of amides is 1. The first kappa shape index (κ1) is 17.1. The van der Waals surface area contributed by atoms with Crippen LogP contribution < -0.4 is 5.32 Å². The molecule has 0 aliphatic carbocycles. The number of anilines is 1. The average Bonchev–Trinajstić information content (AvgIpc) is 2.68. The minimum atomic E-state index is -0.763. The molecule has 0 saturated heterocycles. The van der Waals surface area contributed by atoms with Gasteiger partial charge < -0.3 is 4.74 Å². The number of hydrogen-bond donors (Lipinski definition) is 1. The zero-order chi connectivity index (χ0) is 19.0. The Labute approximate surface area is 159 Å². The number of hydrogen-bond acceptors (Lipinski definition) is 3. The summed E-state index contributed by atoms with van der Waals surface area (Å²) in [4.78, 5) is 11.9. The van der Waals surface area contributed by atoms with Crippen LogP contribution in [0.5, 0.6) is 0 Å². The normalized spacial score (nSPS) is 15.3. The standard InChI is InChI=1S/C21H12ClFN2O2/c22-19-16(14-3-1-2-12(10-14)11-24)8-9-17-18(19)20(27-21(26)25-17)13-4-6-15(23)7-5-13/h1-10,20H,(H,25,26). The summed E-state index contributed by atoms with van der Waals surface area (Å²) >= 11 is 6.69. The summed E-state index contributed by atoms with van der Waals surface area (Å²) in [5.41, 5.74) is 3.72. The lowest BCUT2D eigenvalue weighted by molar-refractivity contribution is 0.126. The van der Waals surface area contributed by atoms with Crippen molar-refractivity contribution < 1.29 is 13.9 Å². The van der Waals surface area contributed by atoms with E-state index in [-0.39, 0.29) is 5.82 Å². The molecule has 27 heavy (non-hydrogen) atoms. The molecule has 0 fully saturated rings. The minimum absolute atomic E-state index is 0.382. The molecule has 6 heteroatoms. The summed E-state index contributed by atoms with van der Waals surface area (Å²) < 4.78 is 18.7. The molecular weight excluding hydrogens is 367 g/mol. The molecular formula is C21H12ClFN2O2. The monoisotopic (exact) mass is 378 g/mol. The zero-order valence-electron chi connectivity index (χ0n) is 13.9. The number of cyclic esters (lactones) is 1.